The molecule has 116 valence electrons. The van der Waals surface area contributed by atoms with Crippen LogP contribution in [0.15, 0.2) is 72.8 Å². The highest BCUT2D eigenvalue weighted by molar-refractivity contribution is 5.78. The lowest BCUT2D eigenvalue weighted by Crippen LogP contribution is -1.94. The zero-order valence-corrected chi connectivity index (χ0v) is 13.2. The van der Waals surface area contributed by atoms with Crippen LogP contribution >= 0.6 is 0 Å². The van der Waals surface area contributed by atoms with Crippen LogP contribution in [0.3, 0.4) is 0 Å². The van der Waals surface area contributed by atoms with E-state index in [1.165, 1.54) is 0 Å². The molecule has 0 aliphatic rings. The van der Waals surface area contributed by atoms with Crippen LogP contribution in [0, 0.1) is 0 Å². The van der Waals surface area contributed by atoms with Gasteiger partial charge in [0.1, 0.15) is 11.5 Å². The number of para-hydroxylation sites is 3. The van der Waals surface area contributed by atoms with E-state index in [9.17, 15) is 0 Å². The SMILES string of the molecule is COc1cccc(-c2ccccc2Oc2ccccc2)c1OC. The minimum atomic E-state index is 0.694. The first kappa shape index (κ1) is 15.0. The second kappa shape index (κ2) is 6.88. The largest absolute Gasteiger partial charge is 0.493 e. The molecule has 3 heteroatoms. The summed E-state index contributed by atoms with van der Waals surface area (Å²) in [4.78, 5) is 0. The molecule has 0 aliphatic carbocycles. The van der Waals surface area contributed by atoms with Crippen molar-refractivity contribution in [3.63, 3.8) is 0 Å². The molecule has 0 aromatic heterocycles. The summed E-state index contributed by atoms with van der Waals surface area (Å²) in [5.74, 6) is 2.95. The maximum Gasteiger partial charge on any atom is 0.168 e. The van der Waals surface area contributed by atoms with Crippen LogP contribution in [0.2, 0.25) is 0 Å². The molecule has 0 radical (unpaired) electrons. The molecule has 0 amide bonds. The first-order valence-electron chi connectivity index (χ1n) is 7.37. The molecule has 0 fully saturated rings. The predicted octanol–water partition coefficient (Wildman–Crippen LogP) is 5.16. The van der Waals surface area contributed by atoms with Gasteiger partial charge in [0.2, 0.25) is 0 Å². The van der Waals surface area contributed by atoms with E-state index in [1.807, 2.05) is 72.8 Å². The minimum absolute atomic E-state index is 0.694. The minimum Gasteiger partial charge on any atom is -0.493 e. The van der Waals surface area contributed by atoms with Crippen LogP contribution in [-0.4, -0.2) is 14.2 Å². The molecule has 3 rings (SSSR count). The van der Waals surface area contributed by atoms with E-state index in [1.54, 1.807) is 14.2 Å². The summed E-state index contributed by atoms with van der Waals surface area (Å²) in [5.41, 5.74) is 1.88. The van der Waals surface area contributed by atoms with E-state index >= 15 is 0 Å². The number of methoxy groups -OCH3 is 2. The molecule has 0 aliphatic heterocycles. The smallest absolute Gasteiger partial charge is 0.168 e. The average Bonchev–Trinajstić information content (AvgIpc) is 2.62. The molecule has 0 bridgehead atoms. The van der Waals surface area contributed by atoms with Crippen LogP contribution in [0.1, 0.15) is 0 Å². The van der Waals surface area contributed by atoms with Gasteiger partial charge in [-0.2, -0.15) is 0 Å². The predicted molar refractivity (Wildman–Crippen MR) is 91.5 cm³/mol. The van der Waals surface area contributed by atoms with Gasteiger partial charge in [-0.25, -0.2) is 0 Å². The number of rotatable bonds is 5. The van der Waals surface area contributed by atoms with Crippen LogP contribution in [0.5, 0.6) is 23.0 Å². The van der Waals surface area contributed by atoms with Gasteiger partial charge in [-0.3, -0.25) is 0 Å². The van der Waals surface area contributed by atoms with Crippen molar-refractivity contribution in [2.75, 3.05) is 14.2 Å². The highest BCUT2D eigenvalue weighted by atomic mass is 16.5. The van der Waals surface area contributed by atoms with Crippen molar-refractivity contribution in [3.05, 3.63) is 72.8 Å². The Labute approximate surface area is 136 Å². The second-order valence-corrected chi connectivity index (χ2v) is 4.95. The van der Waals surface area contributed by atoms with Crippen LogP contribution < -0.4 is 14.2 Å². The first-order chi connectivity index (χ1) is 11.3. The van der Waals surface area contributed by atoms with Crippen molar-refractivity contribution in [1.82, 2.24) is 0 Å². The van der Waals surface area contributed by atoms with Crippen molar-refractivity contribution in [1.29, 1.82) is 0 Å². The lowest BCUT2D eigenvalue weighted by molar-refractivity contribution is 0.356. The third kappa shape index (κ3) is 3.14. The van der Waals surface area contributed by atoms with Gasteiger partial charge in [0, 0.05) is 11.1 Å². The molecular weight excluding hydrogens is 288 g/mol. The van der Waals surface area contributed by atoms with Gasteiger partial charge in [-0.15, -0.1) is 0 Å². The van der Waals surface area contributed by atoms with Crippen LogP contribution in [0.25, 0.3) is 11.1 Å². The maximum absolute atomic E-state index is 6.04. The quantitative estimate of drug-likeness (QED) is 0.651. The van der Waals surface area contributed by atoms with Gasteiger partial charge in [0.05, 0.1) is 14.2 Å². The van der Waals surface area contributed by atoms with E-state index in [0.717, 1.165) is 22.6 Å². The molecule has 3 aromatic rings. The van der Waals surface area contributed by atoms with E-state index in [2.05, 4.69) is 0 Å². The summed E-state index contributed by atoms with van der Waals surface area (Å²) in [6.07, 6.45) is 0. The monoisotopic (exact) mass is 306 g/mol. The Morgan fingerprint density at radius 1 is 0.565 bits per heavy atom. The first-order valence-corrected chi connectivity index (χ1v) is 7.37. The highest BCUT2D eigenvalue weighted by Gasteiger charge is 2.15. The Kier molecular flexibility index (Phi) is 4.48. The normalized spacial score (nSPS) is 10.2. The average molecular weight is 306 g/mol. The Hall–Kier alpha value is -2.94. The zero-order valence-electron chi connectivity index (χ0n) is 13.2. The van der Waals surface area contributed by atoms with Gasteiger partial charge in [-0.05, 0) is 24.3 Å². The maximum atomic E-state index is 6.04. The van der Waals surface area contributed by atoms with E-state index in [4.69, 9.17) is 14.2 Å². The third-order valence-corrected chi connectivity index (χ3v) is 3.55. The summed E-state index contributed by atoms with van der Waals surface area (Å²) in [5, 5.41) is 0. The van der Waals surface area contributed by atoms with E-state index in [0.29, 0.717) is 11.5 Å². The van der Waals surface area contributed by atoms with Crippen molar-refractivity contribution < 1.29 is 14.2 Å². The van der Waals surface area contributed by atoms with Gasteiger partial charge in [0.15, 0.2) is 11.5 Å². The summed E-state index contributed by atoms with van der Waals surface area (Å²) in [7, 11) is 3.27. The summed E-state index contributed by atoms with van der Waals surface area (Å²) in [6.45, 7) is 0. The Morgan fingerprint density at radius 3 is 1.96 bits per heavy atom. The third-order valence-electron chi connectivity index (χ3n) is 3.55. The fraction of sp³-hybridized carbons (Fsp3) is 0.100. The lowest BCUT2D eigenvalue weighted by atomic mass is 10.0. The number of hydrogen-bond donors (Lipinski definition) is 0. The van der Waals surface area contributed by atoms with Crippen molar-refractivity contribution >= 4 is 0 Å². The highest BCUT2D eigenvalue weighted by Crippen LogP contribution is 2.42. The topological polar surface area (TPSA) is 27.7 Å². The molecule has 0 saturated carbocycles. The molecule has 0 unspecified atom stereocenters. The molecule has 3 nitrogen and oxygen atoms in total. The molecule has 0 atom stereocenters. The van der Waals surface area contributed by atoms with Gasteiger partial charge < -0.3 is 14.2 Å². The number of benzene rings is 3. The molecule has 3 aromatic carbocycles. The lowest BCUT2D eigenvalue weighted by Gasteiger charge is -2.15. The fourth-order valence-corrected chi connectivity index (χ4v) is 2.49. The number of hydrogen-bond acceptors (Lipinski definition) is 3. The Bertz CT molecular complexity index is 782. The zero-order chi connectivity index (χ0) is 16.1. The van der Waals surface area contributed by atoms with E-state index in [-0.39, 0.29) is 0 Å². The molecule has 0 saturated heterocycles. The standard InChI is InChI=1S/C20H18O3/c1-21-19-14-8-12-17(20(19)22-2)16-11-6-7-13-18(16)23-15-9-4-3-5-10-15/h3-14H,1-2H3. The van der Waals surface area contributed by atoms with Crippen LogP contribution in [-0.2, 0) is 0 Å². The molecular formula is C20H18O3. The Balaban J connectivity index is 2.08. The number of ether oxygens (including phenoxy) is 3. The van der Waals surface area contributed by atoms with Crippen LogP contribution in [0.4, 0.5) is 0 Å². The fourth-order valence-electron chi connectivity index (χ4n) is 2.49. The van der Waals surface area contributed by atoms with Gasteiger partial charge in [-0.1, -0.05) is 48.5 Å². The molecule has 0 heterocycles. The van der Waals surface area contributed by atoms with Gasteiger partial charge in [0.25, 0.3) is 0 Å². The van der Waals surface area contributed by atoms with Crippen molar-refractivity contribution in [3.8, 4) is 34.1 Å². The van der Waals surface area contributed by atoms with Crippen molar-refractivity contribution in [2.24, 2.45) is 0 Å². The molecule has 0 N–H and O–H groups in total. The van der Waals surface area contributed by atoms with Crippen molar-refractivity contribution in [2.45, 2.75) is 0 Å². The summed E-state index contributed by atoms with van der Waals surface area (Å²) < 4.78 is 17.0. The van der Waals surface area contributed by atoms with Gasteiger partial charge >= 0.3 is 0 Å². The Morgan fingerprint density at radius 2 is 1.22 bits per heavy atom. The molecule has 0 spiro atoms. The summed E-state index contributed by atoms with van der Waals surface area (Å²) >= 11 is 0. The molecule has 23 heavy (non-hydrogen) atoms. The second-order valence-electron chi connectivity index (χ2n) is 4.95. The van der Waals surface area contributed by atoms with E-state index < -0.39 is 0 Å². The summed E-state index contributed by atoms with van der Waals surface area (Å²) in [6, 6.07) is 23.4.